The Kier molecular flexibility index (Phi) is 7.48. The molecule has 4 rings (SSSR count). The van der Waals surface area contributed by atoms with Gasteiger partial charge in [0.15, 0.2) is 0 Å². The number of aromatic nitrogens is 2. The number of amides is 1. The van der Waals surface area contributed by atoms with Gasteiger partial charge in [0.25, 0.3) is 5.22 Å². The number of piperidine rings is 1. The first-order chi connectivity index (χ1) is 15.2. The molecule has 1 aliphatic rings. The van der Waals surface area contributed by atoms with Gasteiger partial charge in [-0.2, -0.15) is 0 Å². The van der Waals surface area contributed by atoms with Crippen molar-refractivity contribution in [2.45, 2.75) is 31.0 Å². The van der Waals surface area contributed by atoms with Gasteiger partial charge in [-0.25, -0.2) is 0 Å². The topological polar surface area (TPSA) is 71.3 Å². The van der Waals surface area contributed by atoms with Gasteiger partial charge in [-0.15, -0.1) is 10.2 Å². The third kappa shape index (κ3) is 6.48. The van der Waals surface area contributed by atoms with Crippen LogP contribution in [0.15, 0.2) is 64.2 Å². The molecular formula is C23H25ClN4O2S. The molecular weight excluding hydrogens is 432 g/mol. The van der Waals surface area contributed by atoms with Crippen LogP contribution in [0.5, 0.6) is 0 Å². The Morgan fingerprint density at radius 1 is 1.10 bits per heavy atom. The lowest BCUT2D eigenvalue weighted by Gasteiger charge is -2.32. The van der Waals surface area contributed by atoms with E-state index in [0.29, 0.717) is 34.4 Å². The molecule has 1 aliphatic heterocycles. The Balaban J connectivity index is 1.17. The summed E-state index contributed by atoms with van der Waals surface area (Å²) in [6.45, 7) is 2.05. The Morgan fingerprint density at radius 2 is 1.84 bits per heavy atom. The van der Waals surface area contributed by atoms with Gasteiger partial charge in [0, 0.05) is 23.8 Å². The number of benzene rings is 2. The normalized spacial score (nSPS) is 14.5. The molecule has 1 saturated heterocycles. The van der Waals surface area contributed by atoms with Crippen molar-refractivity contribution in [3.8, 4) is 0 Å². The van der Waals surface area contributed by atoms with E-state index in [-0.39, 0.29) is 5.91 Å². The zero-order chi connectivity index (χ0) is 21.5. The SMILES string of the molecule is O=C(CSc1nnc(CNc2ccc(Cl)cc2)o1)N1CCC(Cc2ccccc2)CC1. The summed E-state index contributed by atoms with van der Waals surface area (Å²) in [5.74, 6) is 1.56. The molecule has 2 aromatic carbocycles. The van der Waals surface area contributed by atoms with Crippen molar-refractivity contribution < 1.29 is 9.21 Å². The number of nitrogens with one attached hydrogen (secondary N) is 1. The number of hydrogen-bond acceptors (Lipinski definition) is 6. The maximum atomic E-state index is 12.6. The molecule has 3 aromatic rings. The molecule has 0 unspecified atom stereocenters. The molecule has 0 aliphatic carbocycles. The second kappa shape index (κ2) is 10.7. The lowest BCUT2D eigenvalue weighted by molar-refractivity contribution is -0.129. The predicted molar refractivity (Wildman–Crippen MR) is 123 cm³/mol. The molecule has 6 nitrogen and oxygen atoms in total. The monoisotopic (exact) mass is 456 g/mol. The highest BCUT2D eigenvalue weighted by molar-refractivity contribution is 7.99. The van der Waals surface area contributed by atoms with Crippen LogP contribution in [0.1, 0.15) is 24.3 Å². The van der Waals surface area contributed by atoms with Crippen molar-refractivity contribution >= 4 is 35.0 Å². The number of anilines is 1. The third-order valence-corrected chi connectivity index (χ3v) is 6.45. The zero-order valence-corrected chi connectivity index (χ0v) is 18.7. The number of carbonyl (C=O) groups is 1. The molecule has 1 amide bonds. The molecule has 2 heterocycles. The van der Waals surface area contributed by atoms with E-state index in [2.05, 4.69) is 39.8 Å². The van der Waals surface area contributed by atoms with Crippen molar-refractivity contribution in [3.05, 3.63) is 71.1 Å². The van der Waals surface area contributed by atoms with E-state index in [9.17, 15) is 4.79 Å². The van der Waals surface area contributed by atoms with Gasteiger partial charge in [-0.1, -0.05) is 53.7 Å². The minimum atomic E-state index is 0.127. The summed E-state index contributed by atoms with van der Waals surface area (Å²) in [7, 11) is 0. The number of nitrogens with zero attached hydrogens (tertiary/aromatic N) is 3. The highest BCUT2D eigenvalue weighted by Gasteiger charge is 2.23. The first-order valence-electron chi connectivity index (χ1n) is 10.4. The van der Waals surface area contributed by atoms with Gasteiger partial charge >= 0.3 is 0 Å². The van der Waals surface area contributed by atoms with E-state index in [1.54, 1.807) is 0 Å². The quantitative estimate of drug-likeness (QED) is 0.485. The lowest BCUT2D eigenvalue weighted by atomic mass is 9.90. The van der Waals surface area contributed by atoms with E-state index in [1.165, 1.54) is 17.3 Å². The number of likely N-dealkylation sites (tertiary alicyclic amines) is 1. The smallest absolute Gasteiger partial charge is 0.277 e. The minimum Gasteiger partial charge on any atom is -0.414 e. The summed E-state index contributed by atoms with van der Waals surface area (Å²) in [4.78, 5) is 14.5. The van der Waals surface area contributed by atoms with E-state index in [1.807, 2.05) is 35.2 Å². The zero-order valence-electron chi connectivity index (χ0n) is 17.2. The first kappa shape index (κ1) is 21.7. The standard InChI is InChI=1S/C23H25ClN4O2S/c24-19-6-8-20(9-7-19)25-15-21-26-27-23(30-21)31-16-22(29)28-12-10-18(11-13-28)14-17-4-2-1-3-5-17/h1-9,18,25H,10-16H2. The van der Waals surface area contributed by atoms with Crippen molar-refractivity contribution in [1.82, 2.24) is 15.1 Å². The molecule has 1 fully saturated rings. The van der Waals surface area contributed by atoms with Crippen molar-refractivity contribution in [1.29, 1.82) is 0 Å². The highest BCUT2D eigenvalue weighted by Crippen LogP contribution is 2.23. The second-order valence-corrected chi connectivity index (χ2v) is 8.99. The molecule has 0 spiro atoms. The summed E-state index contributed by atoms with van der Waals surface area (Å²) in [6, 6.07) is 18.0. The van der Waals surface area contributed by atoms with Gasteiger partial charge in [0.2, 0.25) is 11.8 Å². The third-order valence-electron chi connectivity index (χ3n) is 5.39. The Morgan fingerprint density at radius 3 is 2.58 bits per heavy atom. The molecule has 0 atom stereocenters. The van der Waals surface area contributed by atoms with E-state index < -0.39 is 0 Å². The summed E-state index contributed by atoms with van der Waals surface area (Å²) in [6.07, 6.45) is 3.19. The fraction of sp³-hybridized carbons (Fsp3) is 0.348. The van der Waals surface area contributed by atoms with Crippen molar-refractivity contribution in [3.63, 3.8) is 0 Å². The predicted octanol–water partition coefficient (Wildman–Crippen LogP) is 4.91. The number of hydrogen-bond donors (Lipinski definition) is 1. The van der Waals surface area contributed by atoms with Crippen LogP contribution in [0.4, 0.5) is 5.69 Å². The second-order valence-electron chi connectivity index (χ2n) is 7.62. The highest BCUT2D eigenvalue weighted by atomic mass is 35.5. The number of halogens is 1. The fourth-order valence-electron chi connectivity index (χ4n) is 3.66. The fourth-order valence-corrected chi connectivity index (χ4v) is 4.47. The lowest BCUT2D eigenvalue weighted by Crippen LogP contribution is -2.39. The number of carbonyl (C=O) groups excluding carboxylic acids is 1. The average molecular weight is 457 g/mol. The van der Waals surface area contributed by atoms with Crippen LogP contribution in [-0.4, -0.2) is 39.8 Å². The first-order valence-corrected chi connectivity index (χ1v) is 11.8. The summed E-state index contributed by atoms with van der Waals surface area (Å²) in [5.41, 5.74) is 2.29. The van der Waals surface area contributed by atoms with E-state index >= 15 is 0 Å². The van der Waals surface area contributed by atoms with Crippen LogP contribution in [0.25, 0.3) is 0 Å². The van der Waals surface area contributed by atoms with Crippen LogP contribution in [0.3, 0.4) is 0 Å². The van der Waals surface area contributed by atoms with E-state index in [0.717, 1.165) is 38.0 Å². The Hall–Kier alpha value is -2.51. The number of rotatable bonds is 8. The van der Waals surface area contributed by atoms with Crippen LogP contribution in [0, 0.1) is 5.92 Å². The maximum absolute atomic E-state index is 12.6. The van der Waals surface area contributed by atoms with Gasteiger partial charge in [-0.3, -0.25) is 4.79 Å². The minimum absolute atomic E-state index is 0.127. The largest absolute Gasteiger partial charge is 0.414 e. The Labute approximate surface area is 191 Å². The Bertz CT molecular complexity index is 973. The molecule has 31 heavy (non-hydrogen) atoms. The molecule has 0 radical (unpaired) electrons. The van der Waals surface area contributed by atoms with Crippen molar-refractivity contribution in [2.75, 3.05) is 24.2 Å². The molecule has 0 saturated carbocycles. The van der Waals surface area contributed by atoms with Crippen LogP contribution in [-0.2, 0) is 17.8 Å². The van der Waals surface area contributed by atoms with Crippen LogP contribution >= 0.6 is 23.4 Å². The molecule has 0 bridgehead atoms. The molecule has 1 aromatic heterocycles. The molecule has 8 heteroatoms. The summed E-state index contributed by atoms with van der Waals surface area (Å²) >= 11 is 7.18. The number of thioether (sulfide) groups is 1. The van der Waals surface area contributed by atoms with Gasteiger partial charge < -0.3 is 14.6 Å². The van der Waals surface area contributed by atoms with E-state index in [4.69, 9.17) is 16.0 Å². The van der Waals surface area contributed by atoms with Crippen LogP contribution in [0.2, 0.25) is 5.02 Å². The van der Waals surface area contributed by atoms with Gasteiger partial charge in [0.1, 0.15) is 0 Å². The van der Waals surface area contributed by atoms with Gasteiger partial charge in [0.05, 0.1) is 12.3 Å². The summed E-state index contributed by atoms with van der Waals surface area (Å²) in [5, 5.41) is 12.4. The van der Waals surface area contributed by atoms with Gasteiger partial charge in [-0.05, 0) is 55.0 Å². The van der Waals surface area contributed by atoms with Crippen molar-refractivity contribution in [2.24, 2.45) is 5.92 Å². The van der Waals surface area contributed by atoms with Crippen LogP contribution < -0.4 is 5.32 Å². The maximum Gasteiger partial charge on any atom is 0.277 e. The molecule has 162 valence electrons. The molecule has 1 N–H and O–H groups in total. The summed E-state index contributed by atoms with van der Waals surface area (Å²) < 4.78 is 5.63. The average Bonchev–Trinajstić information content (AvgIpc) is 3.26.